The minimum Gasteiger partial charge on any atom is -0.507 e. The summed E-state index contributed by atoms with van der Waals surface area (Å²) in [6.07, 6.45) is 0.588. The lowest BCUT2D eigenvalue weighted by Crippen LogP contribution is -1.92. The van der Waals surface area contributed by atoms with Crippen LogP contribution in [0.1, 0.15) is 22.3 Å². The molecular formula is C27H24O2. The van der Waals surface area contributed by atoms with Crippen molar-refractivity contribution in [2.75, 3.05) is 0 Å². The maximum Gasteiger partial charge on any atom is 0.126 e. The van der Waals surface area contributed by atoms with Crippen molar-refractivity contribution in [3.8, 4) is 33.8 Å². The third-order valence-corrected chi connectivity index (χ3v) is 5.30. The minimum atomic E-state index is 0.259. The summed E-state index contributed by atoms with van der Waals surface area (Å²) >= 11 is 0. The molecule has 4 rings (SSSR count). The Hall–Kier alpha value is -3.52. The first-order valence-corrected chi connectivity index (χ1v) is 9.78. The highest BCUT2D eigenvalue weighted by Crippen LogP contribution is 2.35. The molecule has 0 radical (unpaired) electrons. The number of aryl methyl sites for hydroxylation is 2. The molecule has 0 saturated carbocycles. The van der Waals surface area contributed by atoms with E-state index in [1.165, 1.54) is 11.1 Å². The predicted molar refractivity (Wildman–Crippen MR) is 119 cm³/mol. The SMILES string of the molecule is Cc1ccc(-c2cc(Cc3cccc(-c4ccc(C)cc4)c3O)ccc2O)cc1. The number of rotatable bonds is 4. The number of hydrogen-bond acceptors (Lipinski definition) is 2. The number of phenolic OH excluding ortho intramolecular Hbond substituents is 2. The first-order chi connectivity index (χ1) is 14.0. The van der Waals surface area contributed by atoms with Crippen LogP contribution in [-0.2, 0) is 6.42 Å². The number of benzene rings is 4. The van der Waals surface area contributed by atoms with Crippen molar-refractivity contribution in [2.24, 2.45) is 0 Å². The van der Waals surface area contributed by atoms with Crippen LogP contribution in [0.4, 0.5) is 0 Å². The molecule has 0 fully saturated rings. The normalized spacial score (nSPS) is 10.8. The summed E-state index contributed by atoms with van der Waals surface area (Å²) in [6, 6.07) is 27.8. The quantitative estimate of drug-likeness (QED) is 0.417. The van der Waals surface area contributed by atoms with Crippen LogP contribution < -0.4 is 0 Å². The van der Waals surface area contributed by atoms with E-state index in [0.717, 1.165) is 33.4 Å². The van der Waals surface area contributed by atoms with Gasteiger partial charge in [-0.3, -0.25) is 0 Å². The van der Waals surface area contributed by atoms with Crippen LogP contribution in [0.3, 0.4) is 0 Å². The first kappa shape index (κ1) is 18.8. The van der Waals surface area contributed by atoms with Crippen LogP contribution >= 0.6 is 0 Å². The van der Waals surface area contributed by atoms with Gasteiger partial charge in [0.15, 0.2) is 0 Å². The van der Waals surface area contributed by atoms with Gasteiger partial charge in [0.1, 0.15) is 11.5 Å². The zero-order valence-corrected chi connectivity index (χ0v) is 16.7. The van der Waals surface area contributed by atoms with Gasteiger partial charge in [0, 0.05) is 17.5 Å². The Bertz CT molecular complexity index is 1140. The van der Waals surface area contributed by atoms with E-state index in [1.54, 1.807) is 6.07 Å². The maximum absolute atomic E-state index is 10.9. The van der Waals surface area contributed by atoms with E-state index < -0.39 is 0 Å². The predicted octanol–water partition coefficient (Wildman–Crippen LogP) is 6.64. The monoisotopic (exact) mass is 380 g/mol. The van der Waals surface area contributed by atoms with E-state index in [4.69, 9.17) is 0 Å². The highest BCUT2D eigenvalue weighted by Gasteiger charge is 2.11. The molecule has 0 amide bonds. The van der Waals surface area contributed by atoms with Gasteiger partial charge in [0.05, 0.1) is 0 Å². The van der Waals surface area contributed by atoms with Crippen LogP contribution in [0.25, 0.3) is 22.3 Å². The van der Waals surface area contributed by atoms with Crippen LogP contribution in [-0.4, -0.2) is 10.2 Å². The Morgan fingerprint density at radius 3 is 1.83 bits per heavy atom. The number of phenols is 2. The van der Waals surface area contributed by atoms with E-state index in [2.05, 4.69) is 19.1 Å². The third-order valence-electron chi connectivity index (χ3n) is 5.30. The molecule has 4 aromatic rings. The molecule has 0 aliphatic carbocycles. The summed E-state index contributed by atoms with van der Waals surface area (Å²) < 4.78 is 0. The molecule has 4 aromatic carbocycles. The molecule has 29 heavy (non-hydrogen) atoms. The van der Waals surface area contributed by atoms with Gasteiger partial charge in [0.25, 0.3) is 0 Å². The molecule has 2 N–H and O–H groups in total. The van der Waals surface area contributed by atoms with Gasteiger partial charge < -0.3 is 10.2 Å². The third kappa shape index (κ3) is 4.02. The van der Waals surface area contributed by atoms with Crippen molar-refractivity contribution < 1.29 is 10.2 Å². The first-order valence-electron chi connectivity index (χ1n) is 9.78. The van der Waals surface area contributed by atoms with Crippen molar-refractivity contribution in [3.63, 3.8) is 0 Å². The summed E-state index contributed by atoms with van der Waals surface area (Å²) in [5.74, 6) is 0.566. The Balaban J connectivity index is 1.68. The standard InChI is InChI=1S/C27H24O2/c1-18-6-11-21(12-7-18)24-5-3-4-23(27(24)29)16-20-10-15-26(28)25(17-20)22-13-8-19(2)9-14-22/h3-15,17,28-29H,16H2,1-2H3. The molecule has 0 unspecified atom stereocenters. The van der Waals surface area contributed by atoms with E-state index >= 15 is 0 Å². The summed E-state index contributed by atoms with van der Waals surface area (Å²) in [5, 5.41) is 21.2. The van der Waals surface area contributed by atoms with Gasteiger partial charge in [-0.25, -0.2) is 0 Å². The molecule has 0 atom stereocenters. The summed E-state index contributed by atoms with van der Waals surface area (Å²) in [7, 11) is 0. The Labute approximate surface area is 171 Å². The highest BCUT2D eigenvalue weighted by atomic mass is 16.3. The average molecular weight is 380 g/mol. The molecule has 0 aliphatic heterocycles. The number of para-hydroxylation sites is 1. The molecule has 0 aliphatic rings. The Morgan fingerprint density at radius 1 is 0.621 bits per heavy atom. The van der Waals surface area contributed by atoms with Gasteiger partial charge in [0.2, 0.25) is 0 Å². The van der Waals surface area contributed by atoms with Crippen molar-refractivity contribution in [1.29, 1.82) is 0 Å². The van der Waals surface area contributed by atoms with E-state index in [9.17, 15) is 10.2 Å². The fraction of sp³-hybridized carbons (Fsp3) is 0.111. The smallest absolute Gasteiger partial charge is 0.126 e. The van der Waals surface area contributed by atoms with Crippen molar-refractivity contribution in [2.45, 2.75) is 20.3 Å². The van der Waals surface area contributed by atoms with Crippen molar-refractivity contribution in [3.05, 3.63) is 107 Å². The molecule has 2 heteroatoms. The Morgan fingerprint density at radius 2 is 1.21 bits per heavy atom. The second-order valence-corrected chi connectivity index (χ2v) is 7.57. The minimum absolute atomic E-state index is 0.259. The molecule has 0 bridgehead atoms. The van der Waals surface area contributed by atoms with E-state index in [-0.39, 0.29) is 5.75 Å². The molecule has 0 saturated heterocycles. The van der Waals surface area contributed by atoms with Gasteiger partial charge in [-0.2, -0.15) is 0 Å². The van der Waals surface area contributed by atoms with Gasteiger partial charge in [-0.15, -0.1) is 0 Å². The van der Waals surface area contributed by atoms with Gasteiger partial charge >= 0.3 is 0 Å². The second kappa shape index (κ2) is 7.84. The van der Waals surface area contributed by atoms with Crippen LogP contribution in [0.2, 0.25) is 0 Å². The van der Waals surface area contributed by atoms with Crippen molar-refractivity contribution >= 4 is 0 Å². The number of hydrogen-bond donors (Lipinski definition) is 2. The molecule has 144 valence electrons. The summed E-state index contributed by atoms with van der Waals surface area (Å²) in [6.45, 7) is 4.10. The summed E-state index contributed by atoms with van der Waals surface area (Å²) in [4.78, 5) is 0. The fourth-order valence-electron chi connectivity index (χ4n) is 3.58. The fourth-order valence-corrected chi connectivity index (χ4v) is 3.58. The summed E-state index contributed by atoms with van der Waals surface area (Å²) in [5.41, 5.74) is 7.89. The number of aromatic hydroxyl groups is 2. The van der Waals surface area contributed by atoms with Crippen molar-refractivity contribution in [1.82, 2.24) is 0 Å². The average Bonchev–Trinajstić information content (AvgIpc) is 2.72. The zero-order valence-electron chi connectivity index (χ0n) is 16.7. The molecule has 0 aromatic heterocycles. The van der Waals surface area contributed by atoms with Gasteiger partial charge in [-0.1, -0.05) is 83.9 Å². The largest absolute Gasteiger partial charge is 0.507 e. The molecule has 0 spiro atoms. The van der Waals surface area contributed by atoms with E-state index in [1.807, 2.05) is 73.7 Å². The van der Waals surface area contributed by atoms with Crippen LogP contribution in [0.15, 0.2) is 84.9 Å². The highest BCUT2D eigenvalue weighted by molar-refractivity contribution is 5.73. The maximum atomic E-state index is 10.9. The topological polar surface area (TPSA) is 40.5 Å². The molecule has 0 heterocycles. The van der Waals surface area contributed by atoms with Crippen LogP contribution in [0.5, 0.6) is 11.5 Å². The van der Waals surface area contributed by atoms with Gasteiger partial charge in [-0.05, 0) is 48.2 Å². The van der Waals surface area contributed by atoms with E-state index in [0.29, 0.717) is 12.2 Å². The molecule has 2 nitrogen and oxygen atoms in total. The molecular weight excluding hydrogens is 356 g/mol. The lowest BCUT2D eigenvalue weighted by Gasteiger charge is -2.12. The lowest BCUT2D eigenvalue weighted by atomic mass is 9.95. The van der Waals surface area contributed by atoms with Crippen LogP contribution in [0, 0.1) is 13.8 Å². The lowest BCUT2D eigenvalue weighted by molar-refractivity contribution is 0.471. The Kier molecular flexibility index (Phi) is 5.09. The zero-order chi connectivity index (χ0) is 20.4. The second-order valence-electron chi connectivity index (χ2n) is 7.57.